The summed E-state index contributed by atoms with van der Waals surface area (Å²) in [5, 5.41) is 5.70. The molecule has 2 aromatic carbocycles. The van der Waals surface area contributed by atoms with Gasteiger partial charge in [0.05, 0.1) is 25.8 Å². The highest BCUT2D eigenvalue weighted by atomic mass is 35.5. The number of halogens is 1. The molecule has 34 heavy (non-hydrogen) atoms. The standard InChI is InChI=1S/C26H31ClN4O2S/c1-18-14-21-15-22(25(32)29-24(21)16-23(18)27)17-31(9-8-30-10-12-33-13-11-30)26(34)28-19(2)20-6-4-3-5-7-20/h3-7,14-16,19H,8-13,17H2,1-2H3,(H,28,34)(H,29,32)/t19-/m0/s1. The molecule has 6 nitrogen and oxygen atoms in total. The van der Waals surface area contributed by atoms with Crippen molar-refractivity contribution in [2.45, 2.75) is 26.4 Å². The number of benzene rings is 2. The molecule has 1 atom stereocenters. The van der Waals surface area contributed by atoms with E-state index in [1.807, 2.05) is 37.3 Å². The average Bonchev–Trinajstić information content (AvgIpc) is 2.84. The van der Waals surface area contributed by atoms with Crippen LogP contribution in [0.2, 0.25) is 5.02 Å². The number of pyridine rings is 1. The number of nitrogens with zero attached hydrogens (tertiary/aromatic N) is 2. The number of aromatic nitrogens is 1. The van der Waals surface area contributed by atoms with E-state index in [1.54, 1.807) is 6.07 Å². The summed E-state index contributed by atoms with van der Waals surface area (Å²) in [6, 6.07) is 16.0. The molecule has 8 heteroatoms. The fourth-order valence-electron chi connectivity index (χ4n) is 4.15. The van der Waals surface area contributed by atoms with Gasteiger partial charge in [0.1, 0.15) is 0 Å². The second-order valence-electron chi connectivity index (χ2n) is 8.77. The fraction of sp³-hybridized carbons (Fsp3) is 0.385. The minimum atomic E-state index is -0.122. The van der Waals surface area contributed by atoms with Gasteiger partial charge in [-0.15, -0.1) is 0 Å². The minimum Gasteiger partial charge on any atom is -0.379 e. The number of hydrogen-bond donors (Lipinski definition) is 2. The molecule has 0 radical (unpaired) electrons. The number of rotatable bonds is 7. The maximum atomic E-state index is 12.9. The zero-order valence-corrected chi connectivity index (χ0v) is 21.2. The van der Waals surface area contributed by atoms with E-state index in [4.69, 9.17) is 28.6 Å². The van der Waals surface area contributed by atoms with Crippen molar-refractivity contribution >= 4 is 39.8 Å². The maximum absolute atomic E-state index is 12.9. The van der Waals surface area contributed by atoms with Gasteiger partial charge >= 0.3 is 0 Å². The Bertz CT molecular complexity index is 1190. The molecular formula is C26H31ClN4O2S. The molecule has 1 aliphatic rings. The molecule has 1 aromatic heterocycles. The van der Waals surface area contributed by atoms with Crippen molar-refractivity contribution in [3.63, 3.8) is 0 Å². The van der Waals surface area contributed by atoms with Gasteiger partial charge in [-0.1, -0.05) is 41.9 Å². The second kappa shape index (κ2) is 11.3. The predicted molar refractivity (Wildman–Crippen MR) is 143 cm³/mol. The lowest BCUT2D eigenvalue weighted by molar-refractivity contribution is 0.0357. The van der Waals surface area contributed by atoms with Crippen LogP contribution in [0, 0.1) is 6.92 Å². The van der Waals surface area contributed by atoms with Crippen molar-refractivity contribution in [3.8, 4) is 0 Å². The third-order valence-electron chi connectivity index (χ3n) is 6.28. The molecule has 0 bridgehead atoms. The van der Waals surface area contributed by atoms with Crippen LogP contribution in [0.5, 0.6) is 0 Å². The zero-order chi connectivity index (χ0) is 24.1. The van der Waals surface area contributed by atoms with Crippen LogP contribution in [0.4, 0.5) is 0 Å². The van der Waals surface area contributed by atoms with Gasteiger partial charge in [0.15, 0.2) is 5.11 Å². The summed E-state index contributed by atoms with van der Waals surface area (Å²) < 4.78 is 5.48. The van der Waals surface area contributed by atoms with Gasteiger partial charge < -0.3 is 19.9 Å². The molecule has 0 amide bonds. The Balaban J connectivity index is 1.55. The normalized spacial score (nSPS) is 15.3. The fourth-order valence-corrected chi connectivity index (χ4v) is 4.65. The van der Waals surface area contributed by atoms with Crippen molar-refractivity contribution in [3.05, 3.63) is 80.6 Å². The topological polar surface area (TPSA) is 60.6 Å². The van der Waals surface area contributed by atoms with Gasteiger partial charge in [-0.2, -0.15) is 0 Å². The van der Waals surface area contributed by atoms with E-state index in [9.17, 15) is 4.79 Å². The molecule has 1 fully saturated rings. The summed E-state index contributed by atoms with van der Waals surface area (Å²) in [5.41, 5.74) is 3.43. The van der Waals surface area contributed by atoms with Gasteiger partial charge in [-0.05, 0) is 60.8 Å². The Morgan fingerprint density at radius 1 is 1.24 bits per heavy atom. The van der Waals surface area contributed by atoms with Crippen molar-refractivity contribution in [2.24, 2.45) is 0 Å². The number of ether oxygens (including phenoxy) is 1. The lowest BCUT2D eigenvalue weighted by Crippen LogP contribution is -2.46. The quantitative estimate of drug-likeness (QED) is 0.475. The molecule has 2 heterocycles. The zero-order valence-electron chi connectivity index (χ0n) is 19.6. The highest BCUT2D eigenvalue weighted by molar-refractivity contribution is 7.80. The molecule has 2 N–H and O–H groups in total. The van der Waals surface area contributed by atoms with Crippen LogP contribution < -0.4 is 10.9 Å². The summed E-state index contributed by atoms with van der Waals surface area (Å²) in [4.78, 5) is 20.4. The third kappa shape index (κ3) is 6.16. The first-order valence-corrected chi connectivity index (χ1v) is 12.4. The molecule has 1 saturated heterocycles. The summed E-state index contributed by atoms with van der Waals surface area (Å²) in [5.74, 6) is 0. The van der Waals surface area contributed by atoms with Gasteiger partial charge in [0, 0.05) is 42.3 Å². The summed E-state index contributed by atoms with van der Waals surface area (Å²) in [6.45, 7) is 9.36. The van der Waals surface area contributed by atoms with E-state index in [-0.39, 0.29) is 11.6 Å². The Hall–Kier alpha value is -2.45. The van der Waals surface area contributed by atoms with Gasteiger partial charge in [0.25, 0.3) is 5.56 Å². The Labute approximate surface area is 210 Å². The minimum absolute atomic E-state index is 0.0549. The Kier molecular flexibility index (Phi) is 8.21. The molecular weight excluding hydrogens is 468 g/mol. The lowest BCUT2D eigenvalue weighted by atomic mass is 10.1. The lowest BCUT2D eigenvalue weighted by Gasteiger charge is -2.32. The van der Waals surface area contributed by atoms with Crippen LogP contribution in [0.3, 0.4) is 0 Å². The van der Waals surface area contributed by atoms with Gasteiger partial charge in [0.2, 0.25) is 0 Å². The predicted octanol–water partition coefficient (Wildman–Crippen LogP) is 4.26. The Morgan fingerprint density at radius 2 is 1.97 bits per heavy atom. The molecule has 0 saturated carbocycles. The van der Waals surface area contributed by atoms with E-state index in [0.29, 0.717) is 28.8 Å². The molecule has 3 aromatic rings. The number of morpholine rings is 1. The Morgan fingerprint density at radius 3 is 2.71 bits per heavy atom. The first kappa shape index (κ1) is 24.7. The molecule has 0 spiro atoms. The van der Waals surface area contributed by atoms with Gasteiger partial charge in [-0.25, -0.2) is 0 Å². The van der Waals surface area contributed by atoms with Crippen LogP contribution >= 0.6 is 23.8 Å². The molecule has 0 unspecified atom stereocenters. The van der Waals surface area contributed by atoms with Crippen LogP contribution in [0.15, 0.2) is 53.3 Å². The number of aryl methyl sites for hydroxylation is 1. The highest BCUT2D eigenvalue weighted by Gasteiger charge is 2.18. The van der Waals surface area contributed by atoms with Crippen molar-refractivity contribution in [1.29, 1.82) is 0 Å². The highest BCUT2D eigenvalue weighted by Crippen LogP contribution is 2.22. The molecule has 1 aliphatic heterocycles. The van der Waals surface area contributed by atoms with Crippen molar-refractivity contribution in [2.75, 3.05) is 39.4 Å². The monoisotopic (exact) mass is 498 g/mol. The number of hydrogen-bond acceptors (Lipinski definition) is 4. The van der Waals surface area contributed by atoms with E-state index >= 15 is 0 Å². The number of H-pyrrole nitrogens is 1. The molecule has 0 aliphatic carbocycles. The third-order valence-corrected chi connectivity index (χ3v) is 7.06. The first-order chi connectivity index (χ1) is 16.4. The van der Waals surface area contributed by atoms with E-state index in [1.165, 1.54) is 0 Å². The first-order valence-electron chi connectivity index (χ1n) is 11.6. The summed E-state index contributed by atoms with van der Waals surface area (Å²) in [6.07, 6.45) is 0. The van der Waals surface area contributed by atoms with Gasteiger partial charge in [-0.3, -0.25) is 9.69 Å². The largest absolute Gasteiger partial charge is 0.379 e. The van der Waals surface area contributed by atoms with Crippen LogP contribution in [-0.2, 0) is 11.3 Å². The van der Waals surface area contributed by atoms with Crippen LogP contribution in [-0.4, -0.2) is 59.3 Å². The second-order valence-corrected chi connectivity index (χ2v) is 9.56. The number of aromatic amines is 1. The van der Waals surface area contributed by atoms with E-state index in [0.717, 1.165) is 54.9 Å². The number of fused-ring (bicyclic) bond motifs is 1. The smallest absolute Gasteiger partial charge is 0.253 e. The molecule has 180 valence electrons. The summed E-state index contributed by atoms with van der Waals surface area (Å²) in [7, 11) is 0. The van der Waals surface area contributed by atoms with E-state index < -0.39 is 0 Å². The van der Waals surface area contributed by atoms with Crippen LogP contribution in [0.25, 0.3) is 10.9 Å². The van der Waals surface area contributed by atoms with Crippen LogP contribution in [0.1, 0.15) is 29.7 Å². The summed E-state index contributed by atoms with van der Waals surface area (Å²) >= 11 is 12.1. The van der Waals surface area contributed by atoms with Crippen molar-refractivity contribution < 1.29 is 4.74 Å². The average molecular weight is 499 g/mol. The van der Waals surface area contributed by atoms with Crippen molar-refractivity contribution in [1.82, 2.24) is 20.1 Å². The number of thiocarbonyl (C=S) groups is 1. The number of nitrogens with one attached hydrogen (secondary N) is 2. The molecule has 4 rings (SSSR count). The maximum Gasteiger partial charge on any atom is 0.253 e. The SMILES string of the molecule is Cc1cc2cc(CN(CCN3CCOCC3)C(=S)N[C@@H](C)c3ccccc3)c(=O)[nH]c2cc1Cl. The van der Waals surface area contributed by atoms with E-state index in [2.05, 4.69) is 39.2 Å².